The Labute approximate surface area is 114 Å². The number of hydrogen-bond acceptors (Lipinski definition) is 2. The summed E-state index contributed by atoms with van der Waals surface area (Å²) >= 11 is 0. The summed E-state index contributed by atoms with van der Waals surface area (Å²) in [5.41, 5.74) is 9.63. The predicted molar refractivity (Wildman–Crippen MR) is 76.2 cm³/mol. The van der Waals surface area contributed by atoms with E-state index in [-0.39, 0.29) is 18.0 Å². The molecule has 0 saturated heterocycles. The van der Waals surface area contributed by atoms with Crippen LogP contribution in [0, 0.1) is 0 Å². The van der Waals surface area contributed by atoms with Gasteiger partial charge in [-0.3, -0.25) is 4.79 Å². The maximum absolute atomic E-state index is 12.3. The molecule has 0 aliphatic heterocycles. The van der Waals surface area contributed by atoms with E-state index >= 15 is 0 Å². The fraction of sp³-hybridized carbons (Fsp3) is 0.562. The smallest absolute Gasteiger partial charge is 0.251 e. The summed E-state index contributed by atoms with van der Waals surface area (Å²) in [6, 6.07) is 6.39. The molecule has 2 aliphatic carbocycles. The van der Waals surface area contributed by atoms with Gasteiger partial charge in [0.25, 0.3) is 5.91 Å². The molecule has 0 spiro atoms. The van der Waals surface area contributed by atoms with Gasteiger partial charge in [0.05, 0.1) is 0 Å². The molecule has 1 amide bonds. The number of aryl methyl sites for hydroxylation is 2. The molecule has 2 unspecified atom stereocenters. The minimum atomic E-state index is 0.0389. The second kappa shape index (κ2) is 5.33. The monoisotopic (exact) mass is 258 g/mol. The van der Waals surface area contributed by atoms with Gasteiger partial charge in [0.1, 0.15) is 0 Å². The zero-order valence-electron chi connectivity index (χ0n) is 11.3. The van der Waals surface area contributed by atoms with Crippen LogP contribution in [0.2, 0.25) is 0 Å². The fourth-order valence-corrected chi connectivity index (χ4v) is 3.30. The third kappa shape index (κ3) is 2.66. The molecular weight excluding hydrogens is 236 g/mol. The summed E-state index contributed by atoms with van der Waals surface area (Å²) in [6.07, 6.45) is 7.88. The molecule has 0 bridgehead atoms. The second-order valence-electron chi connectivity index (χ2n) is 5.87. The standard InChI is InChI=1S/C16H22N2O/c17-14-6-1-2-7-15(14)18-16(19)13-9-8-11-4-3-5-12(11)10-13/h8-10,14-15H,1-7,17H2,(H,18,19). The molecule has 3 heteroatoms. The van der Waals surface area contributed by atoms with E-state index in [0.717, 1.165) is 31.2 Å². The molecule has 2 aliphatic rings. The lowest BCUT2D eigenvalue weighted by atomic mass is 9.91. The van der Waals surface area contributed by atoms with Gasteiger partial charge in [-0.05, 0) is 55.4 Å². The van der Waals surface area contributed by atoms with Gasteiger partial charge in [-0.2, -0.15) is 0 Å². The highest BCUT2D eigenvalue weighted by Gasteiger charge is 2.24. The lowest BCUT2D eigenvalue weighted by molar-refractivity contribution is 0.0921. The summed E-state index contributed by atoms with van der Waals surface area (Å²) in [4.78, 5) is 12.3. The van der Waals surface area contributed by atoms with Crippen LogP contribution in [0.3, 0.4) is 0 Å². The van der Waals surface area contributed by atoms with Crippen LogP contribution in [0.5, 0.6) is 0 Å². The van der Waals surface area contributed by atoms with Gasteiger partial charge in [0, 0.05) is 17.6 Å². The van der Waals surface area contributed by atoms with Gasteiger partial charge < -0.3 is 11.1 Å². The number of carbonyl (C=O) groups excluding carboxylic acids is 1. The van der Waals surface area contributed by atoms with Gasteiger partial charge in [0.2, 0.25) is 0 Å². The predicted octanol–water partition coefficient (Wildman–Crippen LogP) is 2.17. The zero-order chi connectivity index (χ0) is 13.2. The summed E-state index contributed by atoms with van der Waals surface area (Å²) in [5.74, 6) is 0.0389. The highest BCUT2D eigenvalue weighted by Crippen LogP contribution is 2.23. The molecule has 0 aromatic heterocycles. The van der Waals surface area contributed by atoms with E-state index in [0.29, 0.717) is 0 Å². The number of rotatable bonds is 2. The number of fused-ring (bicyclic) bond motifs is 1. The number of nitrogens with one attached hydrogen (secondary N) is 1. The summed E-state index contributed by atoms with van der Waals surface area (Å²) in [7, 11) is 0. The van der Waals surface area contributed by atoms with E-state index in [9.17, 15) is 4.79 Å². The van der Waals surface area contributed by atoms with Crippen LogP contribution in [0.25, 0.3) is 0 Å². The third-order valence-electron chi connectivity index (χ3n) is 4.50. The van der Waals surface area contributed by atoms with E-state index in [2.05, 4.69) is 17.4 Å². The molecule has 1 aromatic rings. The maximum Gasteiger partial charge on any atom is 0.251 e. The average molecular weight is 258 g/mol. The highest BCUT2D eigenvalue weighted by atomic mass is 16.1. The molecule has 0 radical (unpaired) electrons. The molecule has 102 valence electrons. The topological polar surface area (TPSA) is 55.1 Å². The van der Waals surface area contributed by atoms with Crippen molar-refractivity contribution in [2.45, 2.75) is 57.0 Å². The number of benzene rings is 1. The molecule has 2 atom stereocenters. The molecule has 3 N–H and O–H groups in total. The number of nitrogens with two attached hydrogens (primary N) is 1. The lowest BCUT2D eigenvalue weighted by Gasteiger charge is -2.29. The minimum absolute atomic E-state index is 0.0389. The van der Waals surface area contributed by atoms with E-state index in [1.807, 2.05) is 6.07 Å². The van der Waals surface area contributed by atoms with Crippen molar-refractivity contribution < 1.29 is 4.79 Å². The van der Waals surface area contributed by atoms with Crippen molar-refractivity contribution in [2.24, 2.45) is 5.73 Å². The molecule has 19 heavy (non-hydrogen) atoms. The molecule has 3 rings (SSSR count). The fourth-order valence-electron chi connectivity index (χ4n) is 3.30. The van der Waals surface area contributed by atoms with Crippen LogP contribution in [0.1, 0.15) is 53.6 Å². The summed E-state index contributed by atoms with van der Waals surface area (Å²) < 4.78 is 0. The van der Waals surface area contributed by atoms with Crippen molar-refractivity contribution in [1.29, 1.82) is 0 Å². The highest BCUT2D eigenvalue weighted by molar-refractivity contribution is 5.94. The van der Waals surface area contributed by atoms with Crippen molar-refractivity contribution in [3.8, 4) is 0 Å². The molecule has 1 fully saturated rings. The van der Waals surface area contributed by atoms with Crippen molar-refractivity contribution >= 4 is 5.91 Å². The van der Waals surface area contributed by atoms with Gasteiger partial charge in [-0.1, -0.05) is 18.9 Å². The number of amides is 1. The maximum atomic E-state index is 12.3. The van der Waals surface area contributed by atoms with Gasteiger partial charge in [0.15, 0.2) is 0 Å². The lowest BCUT2D eigenvalue weighted by Crippen LogP contribution is -2.49. The van der Waals surface area contributed by atoms with Crippen LogP contribution in [0.15, 0.2) is 18.2 Å². The Hall–Kier alpha value is -1.35. The summed E-state index contributed by atoms with van der Waals surface area (Å²) in [5, 5.41) is 3.11. The first-order valence-corrected chi connectivity index (χ1v) is 7.42. The van der Waals surface area contributed by atoms with Crippen LogP contribution in [0.4, 0.5) is 0 Å². The molecule has 1 saturated carbocycles. The average Bonchev–Trinajstić information content (AvgIpc) is 2.88. The molecule has 1 aromatic carbocycles. The zero-order valence-corrected chi connectivity index (χ0v) is 11.3. The van der Waals surface area contributed by atoms with Crippen LogP contribution in [-0.2, 0) is 12.8 Å². The Bertz CT molecular complexity index is 484. The van der Waals surface area contributed by atoms with Gasteiger partial charge >= 0.3 is 0 Å². The molecule has 3 nitrogen and oxygen atoms in total. The Morgan fingerprint density at radius 2 is 1.89 bits per heavy atom. The Kier molecular flexibility index (Phi) is 3.56. The molecule has 0 heterocycles. The van der Waals surface area contributed by atoms with E-state index in [1.165, 1.54) is 30.4 Å². The normalized spacial score (nSPS) is 25.9. The number of hydrogen-bond donors (Lipinski definition) is 2. The van der Waals surface area contributed by atoms with E-state index < -0.39 is 0 Å². The summed E-state index contributed by atoms with van der Waals surface area (Å²) in [6.45, 7) is 0. The first kappa shape index (κ1) is 12.7. The van der Waals surface area contributed by atoms with Gasteiger partial charge in [-0.25, -0.2) is 0 Å². The van der Waals surface area contributed by atoms with E-state index in [4.69, 9.17) is 5.73 Å². The van der Waals surface area contributed by atoms with Crippen molar-refractivity contribution in [3.05, 3.63) is 34.9 Å². The van der Waals surface area contributed by atoms with Crippen molar-refractivity contribution in [2.75, 3.05) is 0 Å². The third-order valence-corrected chi connectivity index (χ3v) is 4.50. The van der Waals surface area contributed by atoms with Crippen molar-refractivity contribution in [1.82, 2.24) is 5.32 Å². The first-order chi connectivity index (χ1) is 9.24. The van der Waals surface area contributed by atoms with Crippen LogP contribution >= 0.6 is 0 Å². The Morgan fingerprint density at radius 1 is 1.11 bits per heavy atom. The largest absolute Gasteiger partial charge is 0.348 e. The minimum Gasteiger partial charge on any atom is -0.348 e. The SMILES string of the molecule is NC1CCCCC1NC(=O)c1ccc2c(c1)CCC2. The van der Waals surface area contributed by atoms with E-state index in [1.54, 1.807) is 0 Å². The second-order valence-corrected chi connectivity index (χ2v) is 5.87. The quantitative estimate of drug-likeness (QED) is 0.854. The Balaban J connectivity index is 1.70. The Morgan fingerprint density at radius 3 is 2.74 bits per heavy atom. The number of carbonyl (C=O) groups is 1. The van der Waals surface area contributed by atoms with Crippen molar-refractivity contribution in [3.63, 3.8) is 0 Å². The van der Waals surface area contributed by atoms with Crippen LogP contribution < -0.4 is 11.1 Å². The van der Waals surface area contributed by atoms with Gasteiger partial charge in [-0.15, -0.1) is 0 Å². The first-order valence-electron chi connectivity index (χ1n) is 7.42. The van der Waals surface area contributed by atoms with Crippen LogP contribution in [-0.4, -0.2) is 18.0 Å². The molecular formula is C16H22N2O.